The second-order valence-corrected chi connectivity index (χ2v) is 7.22. The summed E-state index contributed by atoms with van der Waals surface area (Å²) in [6, 6.07) is 9.58. The molecule has 1 unspecified atom stereocenters. The van der Waals surface area contributed by atoms with Gasteiger partial charge in [-0.05, 0) is 44.0 Å². The van der Waals surface area contributed by atoms with Gasteiger partial charge in [0.05, 0.1) is 14.6 Å². The first-order chi connectivity index (χ1) is 8.66. The second kappa shape index (κ2) is 4.79. The number of carbonyl (C=O) groups is 1. The molecule has 0 saturated carbocycles. The van der Waals surface area contributed by atoms with Gasteiger partial charge in [0, 0.05) is 10.0 Å². The van der Waals surface area contributed by atoms with Gasteiger partial charge in [0.2, 0.25) is 0 Å². The molecule has 18 heavy (non-hydrogen) atoms. The summed E-state index contributed by atoms with van der Waals surface area (Å²) in [5, 5.41) is 0. The second-order valence-electron chi connectivity index (χ2n) is 4.00. The first-order valence-corrected chi connectivity index (χ1v) is 7.78. The van der Waals surface area contributed by atoms with Crippen molar-refractivity contribution in [2.75, 3.05) is 6.61 Å². The average molecular weight is 388 g/mol. The van der Waals surface area contributed by atoms with Gasteiger partial charge in [-0.3, -0.25) is 4.79 Å². The van der Waals surface area contributed by atoms with Gasteiger partial charge >= 0.3 is 0 Å². The van der Waals surface area contributed by atoms with Crippen molar-refractivity contribution in [3.8, 4) is 5.75 Å². The fourth-order valence-corrected chi connectivity index (χ4v) is 4.05. The van der Waals surface area contributed by atoms with Crippen LogP contribution >= 0.6 is 43.2 Å². The molecule has 5 heteroatoms. The number of ketones is 1. The topological polar surface area (TPSA) is 26.3 Å². The number of hydrogen-bond acceptors (Lipinski definition) is 3. The molecule has 0 bridgehead atoms. The molecular formula is C13H8Br2O2S. The number of halogens is 2. The summed E-state index contributed by atoms with van der Waals surface area (Å²) in [5.74, 6) is 0.764. The highest BCUT2D eigenvalue weighted by molar-refractivity contribution is 9.13. The molecule has 0 aliphatic carbocycles. The zero-order valence-corrected chi connectivity index (χ0v) is 13.1. The van der Waals surface area contributed by atoms with E-state index in [1.807, 2.05) is 30.3 Å². The van der Waals surface area contributed by atoms with Crippen molar-refractivity contribution in [2.45, 2.75) is 5.92 Å². The van der Waals surface area contributed by atoms with Gasteiger partial charge in [0.15, 0.2) is 5.78 Å². The van der Waals surface area contributed by atoms with Gasteiger partial charge in [-0.2, -0.15) is 0 Å². The van der Waals surface area contributed by atoms with Gasteiger partial charge in [-0.25, -0.2) is 0 Å². The Balaban J connectivity index is 1.95. The number of hydrogen-bond donors (Lipinski definition) is 0. The largest absolute Gasteiger partial charge is 0.492 e. The van der Waals surface area contributed by atoms with Crippen molar-refractivity contribution in [2.24, 2.45) is 0 Å². The molecular weight excluding hydrogens is 380 g/mol. The lowest BCUT2D eigenvalue weighted by molar-refractivity contribution is 0.0951. The molecule has 1 atom stereocenters. The molecule has 1 aromatic carbocycles. The average Bonchev–Trinajstić information content (AvgIpc) is 2.93. The first kappa shape index (κ1) is 12.4. The van der Waals surface area contributed by atoms with Gasteiger partial charge in [-0.15, -0.1) is 11.3 Å². The molecule has 0 amide bonds. The number of rotatable bonds is 2. The lowest BCUT2D eigenvalue weighted by Gasteiger charge is -2.05. The van der Waals surface area contributed by atoms with E-state index in [9.17, 15) is 4.79 Å². The van der Waals surface area contributed by atoms with E-state index in [1.165, 1.54) is 11.3 Å². The quantitative estimate of drug-likeness (QED) is 0.702. The van der Waals surface area contributed by atoms with Crippen molar-refractivity contribution in [1.29, 1.82) is 0 Å². The van der Waals surface area contributed by atoms with Gasteiger partial charge in [0.1, 0.15) is 12.4 Å². The van der Waals surface area contributed by atoms with Crippen LogP contribution in [0.4, 0.5) is 0 Å². The summed E-state index contributed by atoms with van der Waals surface area (Å²) in [7, 11) is 0. The lowest BCUT2D eigenvalue weighted by atomic mass is 9.96. The Kier molecular flexibility index (Phi) is 3.30. The van der Waals surface area contributed by atoms with E-state index in [1.54, 1.807) is 0 Å². The smallest absolute Gasteiger partial charge is 0.183 e. The van der Waals surface area contributed by atoms with Gasteiger partial charge in [-0.1, -0.05) is 18.2 Å². The maximum absolute atomic E-state index is 12.5. The molecule has 2 aromatic rings. The number of fused-ring (bicyclic) bond motifs is 1. The zero-order chi connectivity index (χ0) is 12.7. The van der Waals surface area contributed by atoms with Crippen molar-refractivity contribution >= 4 is 49.0 Å². The number of benzene rings is 1. The highest BCUT2D eigenvalue weighted by Gasteiger charge is 2.31. The molecule has 0 fully saturated rings. The molecule has 1 aromatic heterocycles. The highest BCUT2D eigenvalue weighted by Crippen LogP contribution is 2.39. The Morgan fingerprint density at radius 3 is 2.83 bits per heavy atom. The molecule has 1 aliphatic heterocycles. The molecule has 0 N–H and O–H groups in total. The number of carbonyl (C=O) groups excluding carboxylic acids is 1. The van der Waals surface area contributed by atoms with Crippen LogP contribution in [-0.4, -0.2) is 12.4 Å². The predicted molar refractivity (Wildman–Crippen MR) is 78.7 cm³/mol. The van der Waals surface area contributed by atoms with Crippen LogP contribution in [0.1, 0.15) is 21.2 Å². The Bertz CT molecular complexity index is 602. The SMILES string of the molecule is O=C(c1cc(Br)c(Br)s1)C1COc2ccccc21. The van der Waals surface area contributed by atoms with Crippen LogP contribution in [0.3, 0.4) is 0 Å². The van der Waals surface area contributed by atoms with Crippen molar-refractivity contribution < 1.29 is 9.53 Å². The maximum atomic E-state index is 12.5. The van der Waals surface area contributed by atoms with E-state index < -0.39 is 0 Å². The van der Waals surface area contributed by atoms with E-state index in [0.717, 1.165) is 24.4 Å². The number of para-hydroxylation sites is 1. The van der Waals surface area contributed by atoms with Crippen LogP contribution in [0.5, 0.6) is 5.75 Å². The highest BCUT2D eigenvalue weighted by atomic mass is 79.9. The number of ether oxygens (including phenoxy) is 1. The van der Waals surface area contributed by atoms with E-state index in [-0.39, 0.29) is 11.7 Å². The van der Waals surface area contributed by atoms with Crippen LogP contribution < -0.4 is 4.74 Å². The fraction of sp³-hybridized carbons (Fsp3) is 0.154. The maximum Gasteiger partial charge on any atom is 0.183 e. The summed E-state index contributed by atoms with van der Waals surface area (Å²) in [6.45, 7) is 0.436. The Labute approximate surface area is 125 Å². The summed E-state index contributed by atoms with van der Waals surface area (Å²) >= 11 is 8.27. The number of Topliss-reactive ketones (excluding diaryl/α,β-unsaturated/α-hetero) is 1. The van der Waals surface area contributed by atoms with Crippen LogP contribution in [0.2, 0.25) is 0 Å². The van der Waals surface area contributed by atoms with Gasteiger partial charge < -0.3 is 4.74 Å². The molecule has 3 rings (SSSR count). The van der Waals surface area contributed by atoms with E-state index in [2.05, 4.69) is 31.9 Å². The zero-order valence-electron chi connectivity index (χ0n) is 9.15. The molecule has 0 radical (unpaired) electrons. The third kappa shape index (κ3) is 2.04. The Morgan fingerprint density at radius 2 is 2.11 bits per heavy atom. The summed E-state index contributed by atoms with van der Waals surface area (Å²) in [5.41, 5.74) is 0.989. The minimum Gasteiger partial charge on any atom is -0.492 e. The Morgan fingerprint density at radius 1 is 1.33 bits per heavy atom. The Hall–Kier alpha value is -0.650. The molecule has 0 saturated heterocycles. The predicted octanol–water partition coefficient (Wildman–Crippen LogP) is 4.63. The van der Waals surface area contributed by atoms with E-state index >= 15 is 0 Å². The standard InChI is InChI=1S/C13H8Br2O2S/c14-9-5-11(18-13(9)15)12(16)8-6-17-10-4-2-1-3-7(8)10/h1-5,8H,6H2. The van der Waals surface area contributed by atoms with E-state index in [0.29, 0.717) is 6.61 Å². The van der Waals surface area contributed by atoms with Gasteiger partial charge in [0.25, 0.3) is 0 Å². The third-order valence-electron chi connectivity index (χ3n) is 2.90. The van der Waals surface area contributed by atoms with Crippen LogP contribution in [-0.2, 0) is 0 Å². The third-order valence-corrected chi connectivity index (χ3v) is 6.18. The van der Waals surface area contributed by atoms with Crippen LogP contribution in [0.25, 0.3) is 0 Å². The molecule has 92 valence electrons. The van der Waals surface area contributed by atoms with Crippen LogP contribution in [0.15, 0.2) is 38.6 Å². The van der Waals surface area contributed by atoms with Crippen molar-refractivity contribution in [3.63, 3.8) is 0 Å². The monoisotopic (exact) mass is 386 g/mol. The minimum absolute atomic E-state index is 0.122. The number of thiophene rings is 1. The summed E-state index contributed by atoms with van der Waals surface area (Å²) in [4.78, 5) is 13.2. The minimum atomic E-state index is -0.182. The molecule has 1 aliphatic rings. The summed E-state index contributed by atoms with van der Waals surface area (Å²) < 4.78 is 7.41. The van der Waals surface area contributed by atoms with Crippen molar-refractivity contribution in [1.82, 2.24) is 0 Å². The molecule has 2 heterocycles. The molecule has 2 nitrogen and oxygen atoms in total. The molecule has 0 spiro atoms. The lowest BCUT2D eigenvalue weighted by Crippen LogP contribution is -2.12. The normalized spacial score (nSPS) is 17.3. The fourth-order valence-electron chi connectivity index (χ4n) is 2.02. The van der Waals surface area contributed by atoms with Crippen molar-refractivity contribution in [3.05, 3.63) is 49.0 Å². The first-order valence-electron chi connectivity index (χ1n) is 5.37. The van der Waals surface area contributed by atoms with E-state index in [4.69, 9.17) is 4.74 Å². The van der Waals surface area contributed by atoms with Crippen LogP contribution in [0, 0.1) is 0 Å². The summed E-state index contributed by atoms with van der Waals surface area (Å²) in [6.07, 6.45) is 0.